The van der Waals surface area contributed by atoms with Crippen LogP contribution in [0, 0.1) is 80.3 Å². The molecule has 272 valence electrons. The third-order valence-corrected chi connectivity index (χ3v) is 18.9. The summed E-state index contributed by atoms with van der Waals surface area (Å²) >= 11 is 0. The highest BCUT2D eigenvalue weighted by molar-refractivity contribution is 5.84. The predicted molar refractivity (Wildman–Crippen MR) is 189 cm³/mol. The fraction of sp³-hybridized carbons (Fsp3) is 0.905. The van der Waals surface area contributed by atoms with Crippen molar-refractivity contribution in [2.24, 2.45) is 73.4 Å². The maximum Gasteiger partial charge on any atom is 0.303 e. The smallest absolute Gasteiger partial charge is 0.303 e. The fourth-order valence-electron chi connectivity index (χ4n) is 15.3. The van der Waals surface area contributed by atoms with E-state index in [1.165, 1.54) is 44.9 Å². The lowest BCUT2D eigenvalue weighted by Gasteiger charge is -2.73. The maximum absolute atomic E-state index is 15.0. The van der Waals surface area contributed by atoms with E-state index in [2.05, 4.69) is 70.9 Å². The minimum Gasteiger partial charge on any atom is -0.481 e. The van der Waals surface area contributed by atoms with E-state index in [4.69, 9.17) is 4.42 Å². The Hall–Kier alpha value is -1.92. The number of carbonyl (C=O) groups excluding carboxylic acids is 1. The molecule has 1 amide bonds. The first-order valence-electron chi connectivity index (χ1n) is 20.2. The van der Waals surface area contributed by atoms with Crippen LogP contribution in [0.15, 0.2) is 4.42 Å². The van der Waals surface area contributed by atoms with Gasteiger partial charge in [-0.05, 0) is 151 Å². The summed E-state index contributed by atoms with van der Waals surface area (Å²) < 4.78 is 5.86. The third kappa shape index (κ3) is 4.50. The minimum atomic E-state index is -0.636. The molecule has 0 saturated heterocycles. The molecule has 0 bridgehead atoms. The number of fused-ring (bicyclic) bond motifs is 7. The number of hydrogen-bond donors (Lipinski definition) is 2. The van der Waals surface area contributed by atoms with E-state index in [-0.39, 0.29) is 50.4 Å². The van der Waals surface area contributed by atoms with Gasteiger partial charge < -0.3 is 14.8 Å². The standard InChI is InChI=1S/C42H65N3O4/c1-24-44-45-34(49-24)28-23-31(37(28,4)5)43-35(48)42-17-13-26(38(6)18-19-38)33(42)27-10-11-30-39(7)15-12-25(22-32(46)47)36(2,3)29(39)14-16-41(30,9)40(27,8)20-21-42/h25-31,33H,10-23H2,1-9H3,(H,43,48)(H,46,47)/t25-,26+,27+,28+,29+,30+,31+,33+,39+,40+,41+,42-/m0/s1. The van der Waals surface area contributed by atoms with Gasteiger partial charge >= 0.3 is 5.97 Å². The van der Waals surface area contributed by atoms with Crippen molar-refractivity contribution >= 4 is 11.9 Å². The van der Waals surface area contributed by atoms with E-state index >= 15 is 0 Å². The number of carboxylic acids is 1. The molecule has 7 aliphatic carbocycles. The van der Waals surface area contributed by atoms with Crippen LogP contribution in [0.3, 0.4) is 0 Å². The van der Waals surface area contributed by atoms with Gasteiger partial charge in [0, 0.05) is 25.3 Å². The average molecular weight is 676 g/mol. The second-order valence-corrected chi connectivity index (χ2v) is 21.1. The van der Waals surface area contributed by atoms with Gasteiger partial charge in [0.15, 0.2) is 0 Å². The van der Waals surface area contributed by atoms with Gasteiger partial charge in [-0.25, -0.2) is 0 Å². The molecule has 7 heteroatoms. The number of aromatic nitrogens is 2. The van der Waals surface area contributed by atoms with Crippen molar-refractivity contribution in [3.63, 3.8) is 0 Å². The fourth-order valence-corrected chi connectivity index (χ4v) is 15.3. The molecule has 0 aliphatic heterocycles. The van der Waals surface area contributed by atoms with Gasteiger partial charge in [-0.2, -0.15) is 0 Å². The summed E-state index contributed by atoms with van der Waals surface area (Å²) in [5.74, 6) is 4.39. The van der Waals surface area contributed by atoms with E-state index in [0.29, 0.717) is 59.1 Å². The van der Waals surface area contributed by atoms with Gasteiger partial charge in [-0.3, -0.25) is 9.59 Å². The number of aryl methyl sites for hydroxylation is 1. The Morgan fingerprint density at radius 2 is 1.51 bits per heavy atom. The van der Waals surface area contributed by atoms with E-state index in [0.717, 1.165) is 38.5 Å². The van der Waals surface area contributed by atoms with Gasteiger partial charge in [-0.1, -0.05) is 55.4 Å². The Labute approximate surface area is 295 Å². The van der Waals surface area contributed by atoms with Crippen molar-refractivity contribution in [2.75, 3.05) is 0 Å². The van der Waals surface area contributed by atoms with Gasteiger partial charge in [0.05, 0.1) is 5.41 Å². The molecule has 1 heterocycles. The van der Waals surface area contributed by atoms with Crippen LogP contribution in [0.4, 0.5) is 0 Å². The number of rotatable bonds is 6. The van der Waals surface area contributed by atoms with Crippen LogP contribution in [0.2, 0.25) is 0 Å². The summed E-state index contributed by atoms with van der Waals surface area (Å²) in [4.78, 5) is 26.9. The molecular weight excluding hydrogens is 610 g/mol. The SMILES string of the molecule is Cc1nnc([C@H]2C[C@@H](NC(=O)[C@]34CC[C@@H](C5(C)CC5)[C@@H]3[C@H]3CC[C@@H]5[C@]6(C)CC[C@@H](CC(=O)O)C(C)(C)[C@H]6CC[C@@]5(C)[C@]3(C)CC4)C2(C)C)o1. The molecule has 1 aromatic heterocycles. The first-order valence-corrected chi connectivity index (χ1v) is 20.2. The number of nitrogens with zero attached hydrogens (tertiary/aromatic N) is 2. The van der Waals surface area contributed by atoms with Crippen molar-refractivity contribution in [2.45, 2.75) is 164 Å². The van der Waals surface area contributed by atoms with Gasteiger partial charge in [0.2, 0.25) is 17.7 Å². The molecule has 2 N–H and O–H groups in total. The minimum absolute atomic E-state index is 0.0397. The maximum atomic E-state index is 15.0. The molecule has 1 aromatic rings. The van der Waals surface area contributed by atoms with Crippen molar-refractivity contribution < 1.29 is 19.1 Å². The Kier molecular flexibility index (Phi) is 7.38. The molecule has 0 spiro atoms. The largest absolute Gasteiger partial charge is 0.481 e. The van der Waals surface area contributed by atoms with E-state index < -0.39 is 5.97 Å². The molecule has 0 unspecified atom stereocenters. The zero-order valence-electron chi connectivity index (χ0n) is 32.1. The average Bonchev–Trinajstić information content (AvgIpc) is 3.42. The summed E-state index contributed by atoms with van der Waals surface area (Å²) in [6, 6.07) is 0.124. The molecule has 12 atom stereocenters. The zero-order chi connectivity index (χ0) is 35.2. The summed E-state index contributed by atoms with van der Waals surface area (Å²) in [6.45, 7) is 21.7. The van der Waals surface area contributed by atoms with E-state index in [1.807, 2.05) is 6.92 Å². The Bertz CT molecular complexity index is 1530. The number of aliphatic carboxylic acids is 1. The normalized spacial score (nSPS) is 48.6. The molecule has 0 radical (unpaired) electrons. The molecule has 7 saturated carbocycles. The number of hydrogen-bond acceptors (Lipinski definition) is 5. The Morgan fingerprint density at radius 1 is 0.776 bits per heavy atom. The van der Waals surface area contributed by atoms with Crippen LogP contribution in [0.25, 0.3) is 0 Å². The highest BCUT2D eigenvalue weighted by Crippen LogP contribution is 2.79. The lowest BCUT2D eigenvalue weighted by Crippen LogP contribution is -2.68. The molecule has 49 heavy (non-hydrogen) atoms. The van der Waals surface area contributed by atoms with Crippen LogP contribution in [-0.4, -0.2) is 33.2 Å². The lowest BCUT2D eigenvalue weighted by molar-refractivity contribution is -0.244. The monoisotopic (exact) mass is 675 g/mol. The summed E-state index contributed by atoms with van der Waals surface area (Å²) in [6.07, 6.45) is 15.4. The molecule has 8 rings (SSSR count). The van der Waals surface area contributed by atoms with Crippen LogP contribution in [-0.2, 0) is 9.59 Å². The predicted octanol–water partition coefficient (Wildman–Crippen LogP) is 9.35. The van der Waals surface area contributed by atoms with E-state index in [1.54, 1.807) is 0 Å². The van der Waals surface area contributed by atoms with Crippen molar-refractivity contribution in [3.8, 4) is 0 Å². The molecule has 7 nitrogen and oxygen atoms in total. The summed E-state index contributed by atoms with van der Waals surface area (Å²) in [5.41, 5.74) is 0.748. The molecule has 7 aliphatic rings. The van der Waals surface area contributed by atoms with Gasteiger partial charge in [0.1, 0.15) is 0 Å². The first-order chi connectivity index (χ1) is 22.8. The number of carbonyl (C=O) groups is 2. The highest BCUT2D eigenvalue weighted by atomic mass is 16.4. The zero-order valence-corrected chi connectivity index (χ0v) is 32.1. The summed E-state index contributed by atoms with van der Waals surface area (Å²) in [7, 11) is 0. The van der Waals surface area contributed by atoms with Crippen LogP contribution >= 0.6 is 0 Å². The van der Waals surface area contributed by atoms with Crippen molar-refractivity contribution in [1.82, 2.24) is 15.5 Å². The van der Waals surface area contributed by atoms with Crippen molar-refractivity contribution in [3.05, 3.63) is 11.8 Å². The molecule has 7 fully saturated rings. The third-order valence-electron chi connectivity index (χ3n) is 18.9. The number of nitrogens with one attached hydrogen (secondary N) is 1. The second kappa shape index (κ2) is 10.6. The molecule has 0 aromatic carbocycles. The van der Waals surface area contributed by atoms with Crippen LogP contribution < -0.4 is 5.32 Å². The Balaban J connectivity index is 1.09. The van der Waals surface area contributed by atoms with Crippen LogP contribution in [0.1, 0.15) is 163 Å². The van der Waals surface area contributed by atoms with Crippen molar-refractivity contribution in [1.29, 1.82) is 0 Å². The Morgan fingerprint density at radius 3 is 2.14 bits per heavy atom. The molecular formula is C42H65N3O4. The lowest BCUT2D eigenvalue weighted by atomic mass is 9.31. The highest BCUT2D eigenvalue weighted by Gasteiger charge is 2.73. The van der Waals surface area contributed by atoms with E-state index in [9.17, 15) is 14.7 Å². The van der Waals surface area contributed by atoms with Crippen LogP contribution in [0.5, 0.6) is 0 Å². The number of amides is 1. The van der Waals surface area contributed by atoms with Gasteiger partial charge in [0.25, 0.3) is 0 Å². The second-order valence-electron chi connectivity index (χ2n) is 21.1. The first kappa shape index (κ1) is 34.2. The summed E-state index contributed by atoms with van der Waals surface area (Å²) in [5, 5.41) is 21.9. The topological polar surface area (TPSA) is 105 Å². The van der Waals surface area contributed by atoms with Gasteiger partial charge in [-0.15, -0.1) is 10.2 Å². The quantitative estimate of drug-likeness (QED) is 0.311. The number of carboxylic acid groups (broad SMARTS) is 1.